The molecule has 2 unspecified atom stereocenters. The van der Waals surface area contributed by atoms with E-state index in [9.17, 15) is 15.4 Å². The van der Waals surface area contributed by atoms with Crippen LogP contribution in [0.1, 0.15) is 17.0 Å². The van der Waals surface area contributed by atoms with Gasteiger partial charge in [0.05, 0.1) is 29.4 Å². The standard InChI is InChI=1S/C20H15N5O4/c1-28-14-7-3-4-11(9-14)16-15(10-21)19(22)29-20-17(16)18(23-24-20)12-5-2-6-13(8-12)25(26)27/h2-9,15-16,22H,1H3,(H,23,24). The molecular formula is C20H15N5O4. The van der Waals surface area contributed by atoms with Crippen LogP contribution in [0.5, 0.6) is 11.6 Å². The molecule has 0 radical (unpaired) electrons. The molecule has 2 heterocycles. The number of hydrogen-bond donors (Lipinski definition) is 2. The first-order valence-electron chi connectivity index (χ1n) is 8.66. The number of nitro groups is 1. The number of nitriles is 1. The van der Waals surface area contributed by atoms with Crippen molar-refractivity contribution in [1.82, 2.24) is 10.2 Å². The highest BCUT2D eigenvalue weighted by Gasteiger charge is 2.41. The number of ether oxygens (including phenoxy) is 2. The number of methoxy groups -OCH3 is 1. The number of benzene rings is 2. The summed E-state index contributed by atoms with van der Waals surface area (Å²) in [6.45, 7) is 0. The average molecular weight is 389 g/mol. The second-order valence-corrected chi connectivity index (χ2v) is 6.45. The van der Waals surface area contributed by atoms with Crippen molar-refractivity contribution >= 4 is 11.6 Å². The molecule has 1 aliphatic rings. The van der Waals surface area contributed by atoms with Gasteiger partial charge in [0, 0.05) is 23.6 Å². The zero-order valence-electron chi connectivity index (χ0n) is 15.2. The number of rotatable bonds is 4. The minimum atomic E-state index is -0.885. The fourth-order valence-corrected chi connectivity index (χ4v) is 3.51. The molecule has 0 saturated carbocycles. The molecule has 0 bridgehead atoms. The van der Waals surface area contributed by atoms with Gasteiger partial charge in [-0.2, -0.15) is 5.26 Å². The van der Waals surface area contributed by atoms with Gasteiger partial charge in [-0.25, -0.2) is 0 Å². The lowest BCUT2D eigenvalue weighted by Gasteiger charge is -2.28. The minimum absolute atomic E-state index is 0.0647. The molecule has 2 atom stereocenters. The van der Waals surface area contributed by atoms with Gasteiger partial charge in [0.15, 0.2) is 0 Å². The Morgan fingerprint density at radius 3 is 2.83 bits per heavy atom. The van der Waals surface area contributed by atoms with Crippen molar-refractivity contribution in [1.29, 1.82) is 10.7 Å². The van der Waals surface area contributed by atoms with Gasteiger partial charge in [0.2, 0.25) is 11.8 Å². The maximum Gasteiger partial charge on any atom is 0.270 e. The summed E-state index contributed by atoms with van der Waals surface area (Å²) < 4.78 is 10.8. The van der Waals surface area contributed by atoms with E-state index in [-0.39, 0.29) is 17.5 Å². The van der Waals surface area contributed by atoms with E-state index in [0.29, 0.717) is 22.6 Å². The smallest absolute Gasteiger partial charge is 0.270 e. The molecule has 0 aliphatic carbocycles. The summed E-state index contributed by atoms with van der Waals surface area (Å²) in [5.41, 5.74) is 2.29. The Morgan fingerprint density at radius 2 is 2.10 bits per heavy atom. The molecule has 0 amide bonds. The molecule has 0 fully saturated rings. The first-order valence-corrected chi connectivity index (χ1v) is 8.66. The van der Waals surface area contributed by atoms with Crippen molar-refractivity contribution in [3.63, 3.8) is 0 Å². The van der Waals surface area contributed by atoms with Crippen molar-refractivity contribution in [2.75, 3.05) is 7.11 Å². The highest BCUT2D eigenvalue weighted by Crippen LogP contribution is 2.46. The van der Waals surface area contributed by atoms with Crippen molar-refractivity contribution in [2.24, 2.45) is 5.92 Å². The molecule has 2 N–H and O–H groups in total. The van der Waals surface area contributed by atoms with E-state index in [1.807, 2.05) is 6.07 Å². The molecule has 9 heteroatoms. The van der Waals surface area contributed by atoms with Crippen molar-refractivity contribution in [3.8, 4) is 29.0 Å². The lowest BCUT2D eigenvalue weighted by molar-refractivity contribution is -0.384. The summed E-state index contributed by atoms with van der Waals surface area (Å²) in [5, 5.41) is 36.1. The Labute approximate surface area is 165 Å². The second kappa shape index (κ2) is 7.09. The molecule has 2 aromatic carbocycles. The third-order valence-electron chi connectivity index (χ3n) is 4.84. The number of H-pyrrole nitrogens is 1. The summed E-state index contributed by atoms with van der Waals surface area (Å²) in [4.78, 5) is 10.7. The maximum atomic E-state index is 11.2. The van der Waals surface area contributed by atoms with Crippen LogP contribution in [-0.4, -0.2) is 28.1 Å². The zero-order chi connectivity index (χ0) is 20.5. The van der Waals surface area contributed by atoms with E-state index in [0.717, 1.165) is 5.56 Å². The number of non-ortho nitro benzene ring substituents is 1. The Kier molecular flexibility index (Phi) is 4.44. The van der Waals surface area contributed by atoms with Gasteiger partial charge in [0.1, 0.15) is 11.7 Å². The van der Waals surface area contributed by atoms with Gasteiger partial charge in [-0.3, -0.25) is 20.6 Å². The molecule has 9 nitrogen and oxygen atoms in total. The van der Waals surface area contributed by atoms with E-state index in [4.69, 9.17) is 14.9 Å². The first kappa shape index (κ1) is 18.2. The number of aromatic amines is 1. The van der Waals surface area contributed by atoms with Gasteiger partial charge in [-0.1, -0.05) is 24.3 Å². The summed E-state index contributed by atoms with van der Waals surface area (Å²) in [6, 6.07) is 15.5. The van der Waals surface area contributed by atoms with Crippen LogP contribution in [0.15, 0.2) is 48.5 Å². The third-order valence-corrected chi connectivity index (χ3v) is 4.84. The lowest BCUT2D eigenvalue weighted by atomic mass is 9.79. The Hall–Kier alpha value is -4.19. The van der Waals surface area contributed by atoms with Crippen LogP contribution in [0.4, 0.5) is 5.69 Å². The van der Waals surface area contributed by atoms with Gasteiger partial charge in [0.25, 0.3) is 5.69 Å². The molecule has 0 spiro atoms. The molecule has 144 valence electrons. The average Bonchev–Trinajstić information content (AvgIpc) is 3.16. The predicted molar refractivity (Wildman–Crippen MR) is 103 cm³/mol. The number of aromatic nitrogens is 2. The lowest BCUT2D eigenvalue weighted by Crippen LogP contribution is -2.30. The monoisotopic (exact) mass is 389 g/mol. The van der Waals surface area contributed by atoms with Gasteiger partial charge in [-0.05, 0) is 17.7 Å². The maximum absolute atomic E-state index is 11.2. The highest BCUT2D eigenvalue weighted by molar-refractivity contribution is 5.86. The summed E-state index contributed by atoms with van der Waals surface area (Å²) in [5.74, 6) is -0.857. The van der Waals surface area contributed by atoms with Crippen LogP contribution in [0.2, 0.25) is 0 Å². The molecule has 1 aromatic heterocycles. The summed E-state index contributed by atoms with van der Waals surface area (Å²) in [7, 11) is 1.55. The van der Waals surface area contributed by atoms with E-state index in [2.05, 4.69) is 16.3 Å². The van der Waals surface area contributed by atoms with Crippen LogP contribution >= 0.6 is 0 Å². The Balaban J connectivity index is 1.93. The molecular weight excluding hydrogens is 374 g/mol. The number of nitrogens with one attached hydrogen (secondary N) is 2. The third kappa shape index (κ3) is 3.06. The van der Waals surface area contributed by atoms with Gasteiger partial charge >= 0.3 is 0 Å². The molecule has 4 rings (SSSR count). The fourth-order valence-electron chi connectivity index (χ4n) is 3.51. The second-order valence-electron chi connectivity index (χ2n) is 6.45. The van der Waals surface area contributed by atoms with Gasteiger partial charge < -0.3 is 9.47 Å². The van der Waals surface area contributed by atoms with Gasteiger partial charge in [-0.15, -0.1) is 5.10 Å². The Bertz CT molecular complexity index is 1160. The van der Waals surface area contributed by atoms with Crippen LogP contribution in [0.25, 0.3) is 11.3 Å². The number of nitrogens with zero attached hydrogens (tertiary/aromatic N) is 3. The zero-order valence-corrected chi connectivity index (χ0v) is 15.2. The van der Waals surface area contributed by atoms with E-state index >= 15 is 0 Å². The normalized spacial score (nSPS) is 17.7. The number of nitro benzene ring substituents is 1. The largest absolute Gasteiger partial charge is 0.497 e. The topological polar surface area (TPSA) is 138 Å². The number of hydrogen-bond acceptors (Lipinski definition) is 7. The fraction of sp³-hybridized carbons (Fsp3) is 0.150. The first-order chi connectivity index (χ1) is 14.0. The predicted octanol–water partition coefficient (Wildman–Crippen LogP) is 3.63. The SMILES string of the molecule is COc1cccc(C2c3c(n[nH]c3-c3cccc([N+](=O)[O-])c3)OC(=N)C2C#N)c1. The summed E-state index contributed by atoms with van der Waals surface area (Å²) in [6.07, 6.45) is 0. The molecule has 3 aromatic rings. The van der Waals surface area contributed by atoms with E-state index < -0.39 is 16.8 Å². The molecule has 1 aliphatic heterocycles. The van der Waals surface area contributed by atoms with Crippen molar-refractivity contribution in [2.45, 2.75) is 5.92 Å². The minimum Gasteiger partial charge on any atom is -0.497 e. The van der Waals surface area contributed by atoms with E-state index in [1.54, 1.807) is 37.4 Å². The van der Waals surface area contributed by atoms with Crippen LogP contribution in [-0.2, 0) is 0 Å². The van der Waals surface area contributed by atoms with Crippen LogP contribution < -0.4 is 9.47 Å². The quantitative estimate of drug-likeness (QED) is 0.516. The van der Waals surface area contributed by atoms with Crippen LogP contribution in [0.3, 0.4) is 0 Å². The highest BCUT2D eigenvalue weighted by atomic mass is 16.6. The number of fused-ring (bicyclic) bond motifs is 1. The van der Waals surface area contributed by atoms with Crippen LogP contribution in [0, 0.1) is 32.8 Å². The summed E-state index contributed by atoms with van der Waals surface area (Å²) >= 11 is 0. The Morgan fingerprint density at radius 1 is 1.31 bits per heavy atom. The molecule has 29 heavy (non-hydrogen) atoms. The molecule has 0 saturated heterocycles. The van der Waals surface area contributed by atoms with Crippen molar-refractivity contribution < 1.29 is 14.4 Å². The van der Waals surface area contributed by atoms with Crippen molar-refractivity contribution in [3.05, 3.63) is 69.8 Å². The van der Waals surface area contributed by atoms with E-state index in [1.165, 1.54) is 12.1 Å².